The molecular formula is C11H14NS-. The first kappa shape index (κ1) is 11.9. The van der Waals surface area contributed by atoms with Gasteiger partial charge in [0.25, 0.3) is 0 Å². The van der Waals surface area contributed by atoms with Crippen molar-refractivity contribution in [1.82, 2.24) is 0 Å². The van der Waals surface area contributed by atoms with Crippen molar-refractivity contribution in [2.75, 3.05) is 0 Å². The molecule has 0 atom stereocenters. The third-order valence-corrected chi connectivity index (χ3v) is 1.64. The molecule has 0 saturated heterocycles. The first-order valence-electron chi connectivity index (χ1n) is 4.09. The second kappa shape index (κ2) is 5.55. The lowest BCUT2D eigenvalue weighted by Gasteiger charge is -2.18. The summed E-state index contributed by atoms with van der Waals surface area (Å²) in [5.74, 6) is 0. The van der Waals surface area contributed by atoms with E-state index in [1.54, 1.807) is 0 Å². The maximum absolute atomic E-state index is 7.13. The van der Waals surface area contributed by atoms with E-state index in [-0.39, 0.29) is 0 Å². The monoisotopic (exact) mass is 192 g/mol. The highest BCUT2D eigenvalue weighted by Gasteiger charge is 2.11. The number of hydrogen-bond acceptors (Lipinski definition) is 2. The Morgan fingerprint density at radius 1 is 1.15 bits per heavy atom. The summed E-state index contributed by atoms with van der Waals surface area (Å²) in [6.07, 6.45) is 0. The van der Waals surface area contributed by atoms with E-state index in [9.17, 15) is 0 Å². The Morgan fingerprint density at radius 3 is 1.77 bits per heavy atom. The number of nitriles is 1. The second-order valence-electron chi connectivity index (χ2n) is 3.71. The van der Waals surface area contributed by atoms with E-state index in [2.05, 4.69) is 63.7 Å². The van der Waals surface area contributed by atoms with E-state index in [0.717, 1.165) is 0 Å². The fraction of sp³-hybridized carbons (Fsp3) is 0.364. The number of benzene rings is 1. The molecule has 2 heteroatoms. The van der Waals surface area contributed by atoms with Crippen LogP contribution in [0.15, 0.2) is 30.3 Å². The van der Waals surface area contributed by atoms with Crippen LogP contribution in [0, 0.1) is 10.7 Å². The molecule has 0 aliphatic heterocycles. The fourth-order valence-corrected chi connectivity index (χ4v) is 0.938. The van der Waals surface area contributed by atoms with Crippen LogP contribution in [0.2, 0.25) is 0 Å². The van der Waals surface area contributed by atoms with Crippen molar-refractivity contribution in [3.63, 3.8) is 0 Å². The molecule has 0 aliphatic rings. The van der Waals surface area contributed by atoms with Crippen molar-refractivity contribution >= 4 is 12.6 Å². The normalized spacial score (nSPS) is 9.38. The van der Waals surface area contributed by atoms with Crippen LogP contribution in [0.5, 0.6) is 0 Å². The molecule has 0 aliphatic carbocycles. The SMILES string of the molecule is CC(C)(C)c1ccccc1.N#C[S-]. The van der Waals surface area contributed by atoms with Gasteiger partial charge in [0.1, 0.15) is 0 Å². The summed E-state index contributed by atoms with van der Waals surface area (Å²) >= 11 is 3.70. The predicted octanol–water partition coefficient (Wildman–Crippen LogP) is 3.00. The van der Waals surface area contributed by atoms with Gasteiger partial charge >= 0.3 is 0 Å². The van der Waals surface area contributed by atoms with Gasteiger partial charge in [-0.15, -0.1) is 0 Å². The fourth-order valence-electron chi connectivity index (χ4n) is 0.938. The zero-order valence-corrected chi connectivity index (χ0v) is 9.06. The molecule has 0 saturated carbocycles. The summed E-state index contributed by atoms with van der Waals surface area (Å²) < 4.78 is 0. The smallest absolute Gasteiger partial charge is 0.0132 e. The van der Waals surface area contributed by atoms with Gasteiger partial charge in [0.15, 0.2) is 0 Å². The van der Waals surface area contributed by atoms with Gasteiger partial charge in [-0.1, -0.05) is 56.5 Å². The zero-order valence-electron chi connectivity index (χ0n) is 8.24. The summed E-state index contributed by atoms with van der Waals surface area (Å²) in [7, 11) is 0. The van der Waals surface area contributed by atoms with Crippen molar-refractivity contribution in [2.24, 2.45) is 0 Å². The third-order valence-electron chi connectivity index (χ3n) is 1.64. The van der Waals surface area contributed by atoms with Crippen LogP contribution in [0.25, 0.3) is 0 Å². The van der Waals surface area contributed by atoms with Gasteiger partial charge in [0.2, 0.25) is 0 Å². The van der Waals surface area contributed by atoms with Crippen LogP contribution in [-0.2, 0) is 18.0 Å². The van der Waals surface area contributed by atoms with E-state index in [0.29, 0.717) is 5.41 Å². The molecule has 0 aromatic heterocycles. The summed E-state index contributed by atoms with van der Waals surface area (Å²) in [5.41, 5.74) is 1.69. The Labute approximate surface area is 85.8 Å². The summed E-state index contributed by atoms with van der Waals surface area (Å²) in [6.45, 7) is 6.67. The molecule has 0 spiro atoms. The van der Waals surface area contributed by atoms with E-state index in [1.165, 1.54) is 11.0 Å². The summed E-state index contributed by atoms with van der Waals surface area (Å²) in [6, 6.07) is 10.6. The van der Waals surface area contributed by atoms with E-state index >= 15 is 0 Å². The third kappa shape index (κ3) is 5.21. The molecule has 13 heavy (non-hydrogen) atoms. The number of nitrogens with zero attached hydrogens (tertiary/aromatic N) is 1. The molecule has 1 rings (SSSR count). The van der Waals surface area contributed by atoms with Crippen molar-refractivity contribution in [1.29, 1.82) is 5.26 Å². The van der Waals surface area contributed by atoms with Gasteiger partial charge in [-0.3, -0.25) is 0 Å². The van der Waals surface area contributed by atoms with Crippen LogP contribution in [-0.4, -0.2) is 0 Å². The van der Waals surface area contributed by atoms with Gasteiger partial charge in [-0.05, 0) is 11.0 Å². The largest absolute Gasteiger partial charge is 0.696 e. The molecule has 1 aromatic rings. The zero-order chi connectivity index (χ0) is 10.3. The Hall–Kier alpha value is -1.07. The predicted molar refractivity (Wildman–Crippen MR) is 58.1 cm³/mol. The van der Waals surface area contributed by atoms with Gasteiger partial charge in [-0.25, -0.2) is 5.26 Å². The topological polar surface area (TPSA) is 23.8 Å². The second-order valence-corrected chi connectivity index (χ2v) is 3.89. The number of rotatable bonds is 0. The lowest BCUT2D eigenvalue weighted by molar-refractivity contribution is 0.590. The minimum Gasteiger partial charge on any atom is -0.696 e. The highest BCUT2D eigenvalue weighted by molar-refractivity contribution is 7.64. The van der Waals surface area contributed by atoms with Gasteiger partial charge in [0.05, 0.1) is 0 Å². The minimum absolute atomic E-state index is 0.293. The molecule has 0 fully saturated rings. The molecule has 0 N–H and O–H groups in total. The Morgan fingerprint density at radius 2 is 1.54 bits per heavy atom. The van der Waals surface area contributed by atoms with Crippen LogP contribution < -0.4 is 0 Å². The minimum atomic E-state index is 0.293. The Balaban J connectivity index is 0.000000424. The lowest BCUT2D eigenvalue weighted by Crippen LogP contribution is -2.10. The van der Waals surface area contributed by atoms with Crippen molar-refractivity contribution in [3.8, 4) is 5.40 Å². The van der Waals surface area contributed by atoms with Crippen LogP contribution in [0.4, 0.5) is 0 Å². The van der Waals surface area contributed by atoms with E-state index in [1.807, 2.05) is 0 Å². The summed E-state index contributed by atoms with van der Waals surface area (Å²) in [5, 5.41) is 8.47. The lowest BCUT2D eigenvalue weighted by atomic mass is 9.87. The highest BCUT2D eigenvalue weighted by Crippen LogP contribution is 2.20. The Bertz CT molecular complexity index is 266. The van der Waals surface area contributed by atoms with Crippen molar-refractivity contribution in [2.45, 2.75) is 26.2 Å². The average molecular weight is 192 g/mol. The highest BCUT2D eigenvalue weighted by atomic mass is 32.1. The number of hydrogen-bond donors (Lipinski definition) is 0. The molecule has 70 valence electrons. The molecule has 1 nitrogen and oxygen atoms in total. The van der Waals surface area contributed by atoms with E-state index < -0.39 is 0 Å². The molecule has 0 unspecified atom stereocenters. The van der Waals surface area contributed by atoms with Gasteiger partial charge < -0.3 is 12.6 Å². The molecule has 0 radical (unpaired) electrons. The first-order chi connectivity index (χ1) is 6.02. The number of thiocyanates is 1. The maximum atomic E-state index is 7.13. The molecule has 1 aromatic carbocycles. The Kier molecular flexibility index (Phi) is 5.10. The van der Waals surface area contributed by atoms with Gasteiger partial charge in [0, 0.05) is 0 Å². The van der Waals surface area contributed by atoms with Crippen LogP contribution in [0.3, 0.4) is 0 Å². The molecule has 0 heterocycles. The molecule has 0 bridgehead atoms. The van der Waals surface area contributed by atoms with Crippen LogP contribution in [0.1, 0.15) is 26.3 Å². The summed E-state index contributed by atoms with van der Waals surface area (Å²) in [4.78, 5) is 0. The first-order valence-corrected chi connectivity index (χ1v) is 4.50. The quantitative estimate of drug-likeness (QED) is 0.466. The van der Waals surface area contributed by atoms with Gasteiger partial charge in [-0.2, -0.15) is 0 Å². The maximum Gasteiger partial charge on any atom is -0.0132 e. The van der Waals surface area contributed by atoms with E-state index in [4.69, 9.17) is 5.26 Å². The van der Waals surface area contributed by atoms with Crippen LogP contribution >= 0.6 is 0 Å². The standard InChI is InChI=1S/C10H14.CHNS/c1-10(2,3)9-7-5-4-6-8-9;2-1-3/h4-8H,1-3H3;3H/p-1. The van der Waals surface area contributed by atoms with Crippen molar-refractivity contribution in [3.05, 3.63) is 35.9 Å². The molecule has 0 amide bonds. The molecular weight excluding hydrogens is 178 g/mol. The van der Waals surface area contributed by atoms with Crippen molar-refractivity contribution < 1.29 is 0 Å². The average Bonchev–Trinajstić information content (AvgIpc) is 2.06.